The van der Waals surface area contributed by atoms with Crippen LogP contribution in [0, 0.1) is 6.92 Å². The molecule has 0 saturated heterocycles. The van der Waals surface area contributed by atoms with Crippen LogP contribution in [0.3, 0.4) is 0 Å². The third-order valence-electron chi connectivity index (χ3n) is 3.35. The lowest BCUT2D eigenvalue weighted by Crippen LogP contribution is -2.50. The van der Waals surface area contributed by atoms with Gasteiger partial charge in [-0.05, 0) is 19.4 Å². The Labute approximate surface area is 133 Å². The minimum Gasteiger partial charge on any atom is -0.479 e. The van der Waals surface area contributed by atoms with E-state index < -0.39 is 17.6 Å². The molecule has 0 aliphatic heterocycles. The van der Waals surface area contributed by atoms with Crippen molar-refractivity contribution in [2.45, 2.75) is 26.0 Å². The fourth-order valence-electron chi connectivity index (χ4n) is 2.08. The third kappa shape index (κ3) is 3.82. The van der Waals surface area contributed by atoms with Gasteiger partial charge in [0.2, 0.25) is 0 Å². The maximum absolute atomic E-state index is 12.0. The van der Waals surface area contributed by atoms with E-state index in [1.807, 2.05) is 18.2 Å². The van der Waals surface area contributed by atoms with Crippen molar-refractivity contribution in [2.24, 2.45) is 0 Å². The number of amides is 1. The fourth-order valence-corrected chi connectivity index (χ4v) is 2.08. The summed E-state index contributed by atoms with van der Waals surface area (Å²) in [7, 11) is 0. The highest BCUT2D eigenvalue weighted by Crippen LogP contribution is 2.21. The first kappa shape index (κ1) is 16.4. The predicted octanol–water partition coefficient (Wildman–Crippen LogP) is 2.01. The van der Waals surface area contributed by atoms with E-state index in [4.69, 9.17) is 4.74 Å². The van der Waals surface area contributed by atoms with Crippen LogP contribution in [0.25, 0.3) is 0 Å². The van der Waals surface area contributed by atoms with E-state index in [1.54, 1.807) is 19.1 Å². The molecule has 1 amide bonds. The van der Waals surface area contributed by atoms with Gasteiger partial charge in [-0.3, -0.25) is 9.97 Å². The number of carboxylic acids is 1. The van der Waals surface area contributed by atoms with Crippen LogP contribution in [0.1, 0.15) is 23.9 Å². The Bertz CT molecular complexity index is 705. The number of alkyl carbamates (subject to hydrolysis) is 1. The summed E-state index contributed by atoms with van der Waals surface area (Å²) in [5.74, 6) is -1.25. The molecule has 7 nitrogen and oxygen atoms in total. The Kier molecular flexibility index (Phi) is 4.90. The van der Waals surface area contributed by atoms with Crippen molar-refractivity contribution in [3.63, 3.8) is 0 Å². The van der Waals surface area contributed by atoms with E-state index >= 15 is 0 Å². The summed E-state index contributed by atoms with van der Waals surface area (Å²) >= 11 is 0. The molecule has 0 saturated carbocycles. The number of aliphatic carboxylic acids is 1. The molecule has 0 bridgehead atoms. The summed E-state index contributed by atoms with van der Waals surface area (Å²) in [5.41, 5.74) is -0.355. The zero-order chi connectivity index (χ0) is 16.9. The van der Waals surface area contributed by atoms with Gasteiger partial charge in [0, 0.05) is 12.4 Å². The van der Waals surface area contributed by atoms with Crippen LogP contribution in [0.2, 0.25) is 0 Å². The second kappa shape index (κ2) is 6.87. The topological polar surface area (TPSA) is 101 Å². The van der Waals surface area contributed by atoms with Gasteiger partial charge in [-0.15, -0.1) is 0 Å². The number of hydrogen-bond donors (Lipinski definition) is 2. The van der Waals surface area contributed by atoms with Gasteiger partial charge in [-0.2, -0.15) is 0 Å². The van der Waals surface area contributed by atoms with Crippen molar-refractivity contribution in [1.82, 2.24) is 15.3 Å². The van der Waals surface area contributed by atoms with Crippen LogP contribution in [0.15, 0.2) is 42.7 Å². The molecule has 2 N–H and O–H groups in total. The van der Waals surface area contributed by atoms with E-state index in [0.29, 0.717) is 5.69 Å². The molecule has 0 fully saturated rings. The molecule has 7 heteroatoms. The first-order valence-electron chi connectivity index (χ1n) is 6.94. The van der Waals surface area contributed by atoms with Crippen LogP contribution in [0.5, 0.6) is 0 Å². The van der Waals surface area contributed by atoms with Crippen molar-refractivity contribution in [3.8, 4) is 0 Å². The van der Waals surface area contributed by atoms with Crippen LogP contribution >= 0.6 is 0 Å². The predicted molar refractivity (Wildman–Crippen MR) is 81.5 cm³/mol. The Morgan fingerprint density at radius 3 is 2.48 bits per heavy atom. The Hall–Kier alpha value is -2.96. The average Bonchev–Trinajstić information content (AvgIpc) is 2.54. The number of ether oxygens (including phenoxy) is 1. The van der Waals surface area contributed by atoms with Crippen LogP contribution in [0.4, 0.5) is 4.79 Å². The quantitative estimate of drug-likeness (QED) is 0.875. The molecule has 2 aromatic rings. The first-order valence-corrected chi connectivity index (χ1v) is 6.94. The third-order valence-corrected chi connectivity index (χ3v) is 3.35. The Balaban J connectivity index is 2.12. The maximum Gasteiger partial charge on any atom is 0.408 e. The largest absolute Gasteiger partial charge is 0.479 e. The van der Waals surface area contributed by atoms with Gasteiger partial charge >= 0.3 is 12.1 Å². The van der Waals surface area contributed by atoms with Gasteiger partial charge in [-0.25, -0.2) is 9.59 Å². The lowest BCUT2D eigenvalue weighted by Gasteiger charge is -2.26. The first-order chi connectivity index (χ1) is 10.9. The minimum absolute atomic E-state index is 0.0435. The molecule has 0 radical (unpaired) electrons. The minimum atomic E-state index is -1.73. The monoisotopic (exact) mass is 315 g/mol. The highest BCUT2D eigenvalue weighted by Gasteiger charge is 2.40. The van der Waals surface area contributed by atoms with Gasteiger partial charge in [0.05, 0.1) is 11.4 Å². The van der Waals surface area contributed by atoms with Crippen molar-refractivity contribution in [3.05, 3.63) is 59.7 Å². The molecule has 120 valence electrons. The molecular formula is C16H17N3O4. The average molecular weight is 315 g/mol. The molecule has 0 aliphatic carbocycles. The molecule has 0 aliphatic rings. The van der Waals surface area contributed by atoms with Crippen LogP contribution < -0.4 is 5.32 Å². The summed E-state index contributed by atoms with van der Waals surface area (Å²) < 4.78 is 5.07. The van der Waals surface area contributed by atoms with Crippen molar-refractivity contribution in [2.75, 3.05) is 0 Å². The van der Waals surface area contributed by atoms with E-state index in [2.05, 4.69) is 15.3 Å². The fraction of sp³-hybridized carbons (Fsp3) is 0.250. The molecule has 1 aromatic heterocycles. The number of aryl methyl sites for hydroxylation is 1. The van der Waals surface area contributed by atoms with Crippen LogP contribution in [-0.4, -0.2) is 27.1 Å². The molecule has 0 spiro atoms. The molecular weight excluding hydrogens is 298 g/mol. The highest BCUT2D eigenvalue weighted by atomic mass is 16.5. The van der Waals surface area contributed by atoms with Crippen LogP contribution in [-0.2, 0) is 21.7 Å². The van der Waals surface area contributed by atoms with Gasteiger partial charge < -0.3 is 15.2 Å². The smallest absolute Gasteiger partial charge is 0.408 e. The highest BCUT2D eigenvalue weighted by molar-refractivity contribution is 5.85. The van der Waals surface area contributed by atoms with Crippen molar-refractivity contribution < 1.29 is 19.4 Å². The van der Waals surface area contributed by atoms with Crippen molar-refractivity contribution in [1.29, 1.82) is 0 Å². The van der Waals surface area contributed by atoms with Crippen molar-refractivity contribution >= 4 is 12.1 Å². The lowest BCUT2D eigenvalue weighted by molar-refractivity contribution is -0.144. The number of carbonyl (C=O) groups excluding carboxylic acids is 1. The molecule has 23 heavy (non-hydrogen) atoms. The molecule has 1 aromatic carbocycles. The molecule has 1 unspecified atom stereocenters. The van der Waals surface area contributed by atoms with Gasteiger partial charge in [-0.1, -0.05) is 30.3 Å². The summed E-state index contributed by atoms with van der Waals surface area (Å²) in [5, 5.41) is 11.9. The van der Waals surface area contributed by atoms with Gasteiger partial charge in [0.15, 0.2) is 5.54 Å². The number of carbonyl (C=O) groups is 2. The lowest BCUT2D eigenvalue weighted by atomic mass is 9.96. The zero-order valence-electron chi connectivity index (χ0n) is 12.8. The Morgan fingerprint density at radius 1 is 1.22 bits per heavy atom. The van der Waals surface area contributed by atoms with E-state index in [9.17, 15) is 14.7 Å². The second-order valence-electron chi connectivity index (χ2n) is 5.11. The molecule has 1 heterocycles. The van der Waals surface area contributed by atoms with E-state index in [-0.39, 0.29) is 12.3 Å². The number of hydrogen-bond acceptors (Lipinski definition) is 5. The SMILES string of the molecule is Cc1nccnc1C(C)(NC(=O)OCc1ccccc1)C(=O)O. The standard InChI is InChI=1S/C16H17N3O4/c1-11-13(18-9-8-17-11)16(2,14(20)21)19-15(22)23-10-12-6-4-3-5-7-12/h3-9H,10H2,1-2H3,(H,19,22)(H,20,21). The van der Waals surface area contributed by atoms with E-state index in [0.717, 1.165) is 5.56 Å². The number of nitrogens with one attached hydrogen (secondary N) is 1. The summed E-state index contributed by atoms with van der Waals surface area (Å²) in [6.07, 6.45) is 1.99. The summed E-state index contributed by atoms with van der Waals surface area (Å²) in [6, 6.07) is 9.09. The molecule has 1 atom stereocenters. The van der Waals surface area contributed by atoms with Gasteiger partial charge in [0.1, 0.15) is 6.61 Å². The number of benzene rings is 1. The summed E-state index contributed by atoms with van der Waals surface area (Å²) in [4.78, 5) is 31.7. The molecule has 2 rings (SSSR count). The van der Waals surface area contributed by atoms with E-state index in [1.165, 1.54) is 19.3 Å². The zero-order valence-corrected chi connectivity index (χ0v) is 12.8. The second-order valence-corrected chi connectivity index (χ2v) is 5.11. The number of carboxylic acid groups (broad SMARTS) is 1. The number of aromatic nitrogens is 2. The number of rotatable bonds is 5. The Morgan fingerprint density at radius 2 is 1.87 bits per heavy atom. The summed E-state index contributed by atoms with van der Waals surface area (Å²) in [6.45, 7) is 3.01. The number of nitrogens with zero attached hydrogens (tertiary/aromatic N) is 2. The maximum atomic E-state index is 12.0. The normalized spacial score (nSPS) is 13.0. The van der Waals surface area contributed by atoms with Gasteiger partial charge in [0.25, 0.3) is 0 Å².